The second-order valence-electron chi connectivity index (χ2n) is 10.6. The maximum Gasteiger partial charge on any atom is 0.329 e. The lowest BCUT2D eigenvalue weighted by molar-refractivity contribution is -0.180. The third kappa shape index (κ3) is 5.17. The van der Waals surface area contributed by atoms with Crippen LogP contribution in [-0.4, -0.2) is 101 Å². The molecule has 1 aliphatic heterocycles. The number of hydrogen-bond donors (Lipinski definition) is 4. The van der Waals surface area contributed by atoms with E-state index in [0.717, 1.165) is 18.9 Å². The van der Waals surface area contributed by atoms with E-state index >= 15 is 0 Å². The molecule has 3 unspecified atom stereocenters. The molecule has 2 aliphatic rings. The van der Waals surface area contributed by atoms with Crippen molar-refractivity contribution in [3.8, 4) is 0 Å². The summed E-state index contributed by atoms with van der Waals surface area (Å²) in [6.07, 6.45) is -1.08. The number of amides is 3. The first-order valence-electron chi connectivity index (χ1n) is 12.8. The SMILES string of the molecule is COC12CCN(C(=O)[C@H](C)NC(=O)[C@H](C)N)[C@@]1(C(=O)NC(C(=O)C(F)(F)C(N)C(C)=O)C(C)C)C(=O)CCC2=O. The lowest BCUT2D eigenvalue weighted by atomic mass is 9.66. The van der Waals surface area contributed by atoms with Crippen LogP contribution < -0.4 is 22.1 Å². The van der Waals surface area contributed by atoms with Crippen LogP contribution in [0.5, 0.6) is 0 Å². The number of carbonyl (C=O) groups excluding carboxylic acids is 7. The zero-order valence-electron chi connectivity index (χ0n) is 23.3. The number of methoxy groups -OCH3 is 1. The largest absolute Gasteiger partial charge is 0.367 e. The molecule has 1 saturated heterocycles. The van der Waals surface area contributed by atoms with Crippen LogP contribution in [0, 0.1) is 5.92 Å². The van der Waals surface area contributed by atoms with E-state index in [4.69, 9.17) is 16.2 Å². The fourth-order valence-electron chi connectivity index (χ4n) is 5.27. The Balaban J connectivity index is 2.65. The van der Waals surface area contributed by atoms with Crippen molar-refractivity contribution >= 4 is 40.9 Å². The number of Topliss-reactive ketones (excluding diaryl/α,β-unsaturated/α-hetero) is 4. The van der Waals surface area contributed by atoms with Crippen molar-refractivity contribution in [2.45, 2.75) is 95.1 Å². The predicted octanol–water partition coefficient (Wildman–Crippen LogP) is -1.61. The number of ether oxygens (including phenoxy) is 1. The van der Waals surface area contributed by atoms with Gasteiger partial charge in [-0.2, -0.15) is 8.78 Å². The Bertz CT molecular complexity index is 1110. The van der Waals surface area contributed by atoms with Crippen LogP contribution in [-0.2, 0) is 38.3 Å². The molecule has 1 heterocycles. The molecular formula is C25H37F2N5O8. The summed E-state index contributed by atoms with van der Waals surface area (Å²) >= 11 is 0. The number of carbonyl (C=O) groups is 7. The summed E-state index contributed by atoms with van der Waals surface area (Å²) in [5.41, 5.74) is 5.97. The molecular weight excluding hydrogens is 536 g/mol. The fourth-order valence-corrected chi connectivity index (χ4v) is 5.27. The van der Waals surface area contributed by atoms with Gasteiger partial charge < -0.3 is 31.7 Å². The van der Waals surface area contributed by atoms with Gasteiger partial charge in [0.1, 0.15) is 12.1 Å². The number of nitrogens with two attached hydrogens (primary N) is 2. The summed E-state index contributed by atoms with van der Waals surface area (Å²) in [5, 5.41) is 4.51. The fraction of sp³-hybridized carbons (Fsp3) is 0.720. The van der Waals surface area contributed by atoms with Gasteiger partial charge in [0.15, 0.2) is 23.0 Å². The molecule has 13 nitrogen and oxygen atoms in total. The number of halogens is 2. The van der Waals surface area contributed by atoms with E-state index in [2.05, 4.69) is 10.6 Å². The number of alkyl halides is 2. The van der Waals surface area contributed by atoms with Crippen molar-refractivity contribution < 1.29 is 47.1 Å². The van der Waals surface area contributed by atoms with Gasteiger partial charge in [-0.3, -0.25) is 33.6 Å². The average molecular weight is 574 g/mol. The second-order valence-corrected chi connectivity index (χ2v) is 10.6. The molecule has 0 radical (unpaired) electrons. The zero-order valence-corrected chi connectivity index (χ0v) is 23.3. The number of ketones is 4. The number of nitrogens with zero attached hydrogens (tertiary/aromatic N) is 1. The quantitative estimate of drug-likeness (QED) is 0.208. The number of nitrogens with one attached hydrogen (secondary N) is 2. The third-order valence-corrected chi connectivity index (χ3v) is 7.59. The van der Waals surface area contributed by atoms with Crippen LogP contribution in [0.15, 0.2) is 0 Å². The smallest absolute Gasteiger partial charge is 0.329 e. The van der Waals surface area contributed by atoms with Crippen molar-refractivity contribution in [2.24, 2.45) is 17.4 Å². The van der Waals surface area contributed by atoms with Gasteiger partial charge in [0.25, 0.3) is 5.91 Å². The summed E-state index contributed by atoms with van der Waals surface area (Å²) in [4.78, 5) is 91.9. The highest BCUT2D eigenvalue weighted by atomic mass is 19.3. The van der Waals surface area contributed by atoms with Gasteiger partial charge in [-0.15, -0.1) is 0 Å². The topological polar surface area (TPSA) is 208 Å². The lowest BCUT2D eigenvalue weighted by Crippen LogP contribution is -2.78. The van der Waals surface area contributed by atoms with Crippen LogP contribution in [0.3, 0.4) is 0 Å². The van der Waals surface area contributed by atoms with Gasteiger partial charge >= 0.3 is 5.92 Å². The molecule has 2 fully saturated rings. The van der Waals surface area contributed by atoms with Crippen LogP contribution >= 0.6 is 0 Å². The van der Waals surface area contributed by atoms with Crippen molar-refractivity contribution in [1.29, 1.82) is 0 Å². The van der Waals surface area contributed by atoms with Gasteiger partial charge in [0.2, 0.25) is 23.1 Å². The Morgan fingerprint density at radius 3 is 2.02 bits per heavy atom. The first-order chi connectivity index (χ1) is 18.3. The summed E-state index contributed by atoms with van der Waals surface area (Å²) in [5.74, 6) is -13.1. The van der Waals surface area contributed by atoms with Crippen molar-refractivity contribution in [2.75, 3.05) is 13.7 Å². The van der Waals surface area contributed by atoms with Crippen molar-refractivity contribution in [3.63, 3.8) is 0 Å². The lowest BCUT2D eigenvalue weighted by Gasteiger charge is -2.48. The van der Waals surface area contributed by atoms with Crippen LogP contribution in [0.25, 0.3) is 0 Å². The monoisotopic (exact) mass is 573 g/mol. The maximum absolute atomic E-state index is 14.9. The first-order valence-corrected chi connectivity index (χ1v) is 12.8. The highest BCUT2D eigenvalue weighted by molar-refractivity contribution is 6.23. The van der Waals surface area contributed by atoms with Gasteiger partial charge in [-0.05, 0) is 26.7 Å². The molecule has 15 heteroatoms. The molecule has 40 heavy (non-hydrogen) atoms. The molecule has 0 aromatic heterocycles. The molecule has 1 aliphatic carbocycles. The molecule has 6 atom stereocenters. The van der Waals surface area contributed by atoms with E-state index in [9.17, 15) is 42.3 Å². The van der Waals surface area contributed by atoms with Gasteiger partial charge in [-0.1, -0.05) is 13.8 Å². The summed E-state index contributed by atoms with van der Waals surface area (Å²) < 4.78 is 35.3. The molecule has 0 aromatic carbocycles. The number of rotatable bonds is 11. The summed E-state index contributed by atoms with van der Waals surface area (Å²) in [6.45, 7) is 5.74. The number of likely N-dealkylation sites (tertiary alicyclic amines) is 1. The Morgan fingerprint density at radius 2 is 1.55 bits per heavy atom. The highest BCUT2D eigenvalue weighted by Gasteiger charge is 2.75. The summed E-state index contributed by atoms with van der Waals surface area (Å²) in [7, 11) is 1.07. The molecule has 0 aromatic rings. The molecule has 1 saturated carbocycles. The van der Waals surface area contributed by atoms with E-state index in [1.807, 2.05) is 0 Å². The maximum atomic E-state index is 14.9. The Hall–Kier alpha value is -3.17. The van der Waals surface area contributed by atoms with Gasteiger partial charge in [0.05, 0.1) is 12.1 Å². The summed E-state index contributed by atoms with van der Waals surface area (Å²) in [6, 6.07) is -6.79. The van der Waals surface area contributed by atoms with Crippen molar-refractivity contribution in [3.05, 3.63) is 0 Å². The Kier molecular flexibility index (Phi) is 9.70. The standard InChI is InChI=1S/C25H37F2N5O8/c1-11(2)17(19(36)25(26,27)18(29)14(5)33)31-22(39)24-16(35)8-7-15(34)23(24,40-6)9-10-32(24)21(38)13(4)30-20(37)12(3)28/h11-13,17-18H,7-10,28-29H2,1-6H3,(H,30,37)(H,31,39)/t12-,13-,17?,18?,23?,24+/m0/s1. The number of fused-ring (bicyclic) bond motifs is 1. The van der Waals surface area contributed by atoms with E-state index in [0.29, 0.717) is 0 Å². The second kappa shape index (κ2) is 11.7. The van der Waals surface area contributed by atoms with E-state index in [1.54, 1.807) is 0 Å². The Labute approximate surface area is 230 Å². The van der Waals surface area contributed by atoms with Gasteiger partial charge in [-0.25, -0.2) is 0 Å². The third-order valence-electron chi connectivity index (χ3n) is 7.59. The van der Waals surface area contributed by atoms with E-state index < -0.39 is 94.4 Å². The highest BCUT2D eigenvalue weighted by Crippen LogP contribution is 2.48. The van der Waals surface area contributed by atoms with Gasteiger partial charge in [0, 0.05) is 32.9 Å². The van der Waals surface area contributed by atoms with E-state index in [-0.39, 0.29) is 19.4 Å². The minimum Gasteiger partial charge on any atom is -0.367 e. The van der Waals surface area contributed by atoms with Crippen LogP contribution in [0.4, 0.5) is 8.78 Å². The van der Waals surface area contributed by atoms with Crippen molar-refractivity contribution in [1.82, 2.24) is 15.5 Å². The first kappa shape index (κ1) is 33.0. The van der Waals surface area contributed by atoms with Crippen LogP contribution in [0.2, 0.25) is 0 Å². The average Bonchev–Trinajstić information content (AvgIpc) is 3.25. The minimum atomic E-state index is -4.39. The van der Waals surface area contributed by atoms with E-state index in [1.165, 1.54) is 27.7 Å². The molecule has 3 amide bonds. The molecule has 224 valence electrons. The minimum absolute atomic E-state index is 0.299. The number of hydrogen-bond acceptors (Lipinski definition) is 10. The molecule has 0 spiro atoms. The zero-order chi connectivity index (χ0) is 31.0. The molecule has 0 bridgehead atoms. The normalized spacial score (nSPS) is 26.0. The molecule has 6 N–H and O–H groups in total. The molecule has 2 rings (SSSR count). The van der Waals surface area contributed by atoms with Crippen LogP contribution in [0.1, 0.15) is 53.9 Å². The predicted molar refractivity (Wildman–Crippen MR) is 135 cm³/mol. The Morgan fingerprint density at radius 1 is 1.00 bits per heavy atom.